The molecule has 0 aromatic heterocycles. The van der Waals surface area contributed by atoms with Gasteiger partial charge in [0.1, 0.15) is 0 Å². The SMILES string of the molecule is O=C1C=C2C=CC=C2c2ccccc21. The van der Waals surface area contributed by atoms with Gasteiger partial charge < -0.3 is 0 Å². The third-order valence-electron chi connectivity index (χ3n) is 2.62. The molecule has 0 saturated heterocycles. The first-order valence-electron chi connectivity index (χ1n) is 4.60. The summed E-state index contributed by atoms with van der Waals surface area (Å²) in [5, 5.41) is 0. The van der Waals surface area contributed by atoms with E-state index in [1.165, 1.54) is 5.57 Å². The fourth-order valence-electron chi connectivity index (χ4n) is 1.96. The van der Waals surface area contributed by atoms with E-state index in [2.05, 4.69) is 6.08 Å². The maximum Gasteiger partial charge on any atom is 0.187 e. The number of benzene rings is 1. The third kappa shape index (κ3) is 0.867. The number of allylic oxidation sites excluding steroid dienone is 6. The molecule has 0 aliphatic heterocycles. The number of carbonyl (C=O) groups is 1. The van der Waals surface area contributed by atoms with E-state index in [0.717, 1.165) is 16.7 Å². The summed E-state index contributed by atoms with van der Waals surface area (Å²) in [5.41, 5.74) is 4.07. The second kappa shape index (κ2) is 2.55. The van der Waals surface area contributed by atoms with Crippen molar-refractivity contribution in [1.29, 1.82) is 0 Å². The van der Waals surface area contributed by atoms with Crippen molar-refractivity contribution in [1.82, 2.24) is 0 Å². The molecule has 1 aromatic rings. The van der Waals surface area contributed by atoms with Gasteiger partial charge in [0.05, 0.1) is 0 Å². The van der Waals surface area contributed by atoms with Gasteiger partial charge in [0.15, 0.2) is 5.78 Å². The van der Waals surface area contributed by atoms with Crippen LogP contribution in [0.1, 0.15) is 15.9 Å². The minimum atomic E-state index is 0.110. The summed E-state index contributed by atoms with van der Waals surface area (Å²) in [4.78, 5) is 11.7. The highest BCUT2D eigenvalue weighted by molar-refractivity contribution is 6.15. The maximum atomic E-state index is 11.7. The van der Waals surface area contributed by atoms with Crippen molar-refractivity contribution >= 4 is 11.4 Å². The second-order valence-corrected chi connectivity index (χ2v) is 3.45. The van der Waals surface area contributed by atoms with Crippen molar-refractivity contribution in [2.45, 2.75) is 0 Å². The summed E-state index contributed by atoms with van der Waals surface area (Å²) in [6.07, 6.45) is 7.72. The Bertz CT molecular complexity index is 516. The molecular formula is C13H8O. The van der Waals surface area contributed by atoms with Crippen molar-refractivity contribution in [2.24, 2.45) is 0 Å². The highest BCUT2D eigenvalue weighted by Gasteiger charge is 2.21. The van der Waals surface area contributed by atoms with E-state index >= 15 is 0 Å². The first-order valence-corrected chi connectivity index (χ1v) is 4.60. The molecule has 0 atom stereocenters. The van der Waals surface area contributed by atoms with E-state index in [9.17, 15) is 4.79 Å². The van der Waals surface area contributed by atoms with Crippen LogP contribution in [-0.2, 0) is 0 Å². The first kappa shape index (κ1) is 7.51. The zero-order chi connectivity index (χ0) is 9.54. The van der Waals surface area contributed by atoms with Gasteiger partial charge in [-0.05, 0) is 22.8 Å². The number of hydrogen-bond donors (Lipinski definition) is 0. The van der Waals surface area contributed by atoms with Crippen molar-refractivity contribution < 1.29 is 4.79 Å². The van der Waals surface area contributed by atoms with Crippen LogP contribution in [0.3, 0.4) is 0 Å². The molecule has 0 unspecified atom stereocenters. The zero-order valence-corrected chi connectivity index (χ0v) is 7.53. The molecule has 0 spiro atoms. The predicted molar refractivity (Wildman–Crippen MR) is 56.0 cm³/mol. The van der Waals surface area contributed by atoms with Crippen LogP contribution in [0.2, 0.25) is 0 Å². The molecule has 0 bridgehead atoms. The van der Waals surface area contributed by atoms with E-state index in [4.69, 9.17) is 0 Å². The number of fused-ring (bicyclic) bond motifs is 3. The molecule has 0 N–H and O–H groups in total. The van der Waals surface area contributed by atoms with Crippen LogP contribution >= 0.6 is 0 Å². The van der Waals surface area contributed by atoms with E-state index in [1.807, 2.05) is 36.4 Å². The lowest BCUT2D eigenvalue weighted by molar-refractivity contribution is 0.104. The van der Waals surface area contributed by atoms with Crippen LogP contribution < -0.4 is 0 Å². The zero-order valence-electron chi connectivity index (χ0n) is 7.53. The van der Waals surface area contributed by atoms with Crippen molar-refractivity contribution in [3.05, 3.63) is 65.3 Å². The average Bonchev–Trinajstić information content (AvgIpc) is 2.66. The largest absolute Gasteiger partial charge is 0.289 e. The summed E-state index contributed by atoms with van der Waals surface area (Å²) >= 11 is 0. The van der Waals surface area contributed by atoms with Crippen molar-refractivity contribution in [3.8, 4) is 0 Å². The average molecular weight is 180 g/mol. The molecule has 2 aliphatic rings. The minimum Gasteiger partial charge on any atom is -0.289 e. The lowest BCUT2D eigenvalue weighted by atomic mass is 9.88. The van der Waals surface area contributed by atoms with Gasteiger partial charge in [-0.1, -0.05) is 42.5 Å². The lowest BCUT2D eigenvalue weighted by Gasteiger charge is -2.14. The van der Waals surface area contributed by atoms with E-state index in [0.29, 0.717) is 0 Å². The molecule has 1 aromatic carbocycles. The Morgan fingerprint density at radius 2 is 1.79 bits per heavy atom. The van der Waals surface area contributed by atoms with E-state index in [1.54, 1.807) is 6.08 Å². The maximum absolute atomic E-state index is 11.7. The molecule has 2 aliphatic carbocycles. The Hall–Kier alpha value is -1.89. The molecule has 3 rings (SSSR count). The number of hydrogen-bond acceptors (Lipinski definition) is 1. The fourth-order valence-corrected chi connectivity index (χ4v) is 1.96. The van der Waals surface area contributed by atoms with Gasteiger partial charge in [-0.2, -0.15) is 0 Å². The summed E-state index contributed by atoms with van der Waals surface area (Å²) in [6.45, 7) is 0. The molecule has 0 radical (unpaired) electrons. The Labute approximate surface area is 82.1 Å². The standard InChI is InChI=1S/C13H8O/c14-13-8-9-4-3-7-10(9)11-5-1-2-6-12(11)13/h1-8H. The molecule has 1 heteroatoms. The Balaban J connectivity index is 2.33. The number of rotatable bonds is 0. The van der Waals surface area contributed by atoms with Crippen LogP contribution in [0.4, 0.5) is 0 Å². The van der Waals surface area contributed by atoms with Crippen LogP contribution in [0.15, 0.2) is 54.1 Å². The highest BCUT2D eigenvalue weighted by Crippen LogP contribution is 2.34. The van der Waals surface area contributed by atoms with Gasteiger partial charge >= 0.3 is 0 Å². The number of carbonyl (C=O) groups excluding carboxylic acids is 1. The van der Waals surface area contributed by atoms with Gasteiger partial charge in [0, 0.05) is 5.56 Å². The second-order valence-electron chi connectivity index (χ2n) is 3.45. The summed E-state index contributed by atoms with van der Waals surface area (Å²) < 4.78 is 0. The van der Waals surface area contributed by atoms with Crippen molar-refractivity contribution in [3.63, 3.8) is 0 Å². The molecule has 0 fully saturated rings. The smallest absolute Gasteiger partial charge is 0.187 e. The first-order chi connectivity index (χ1) is 6.86. The monoisotopic (exact) mass is 180 g/mol. The fraction of sp³-hybridized carbons (Fsp3) is 0. The van der Waals surface area contributed by atoms with Gasteiger partial charge in [-0.3, -0.25) is 4.79 Å². The van der Waals surface area contributed by atoms with Gasteiger partial charge in [-0.15, -0.1) is 0 Å². The Morgan fingerprint density at radius 1 is 1.00 bits per heavy atom. The Morgan fingerprint density at radius 3 is 2.64 bits per heavy atom. The molecule has 1 nitrogen and oxygen atoms in total. The Kier molecular flexibility index (Phi) is 1.37. The highest BCUT2D eigenvalue weighted by atomic mass is 16.1. The number of ketones is 1. The topological polar surface area (TPSA) is 17.1 Å². The molecule has 0 saturated carbocycles. The van der Waals surface area contributed by atoms with Gasteiger partial charge in [0.2, 0.25) is 0 Å². The van der Waals surface area contributed by atoms with E-state index in [-0.39, 0.29) is 5.78 Å². The molecule has 66 valence electrons. The normalized spacial score (nSPS) is 17.3. The van der Waals surface area contributed by atoms with Crippen LogP contribution in [-0.4, -0.2) is 5.78 Å². The van der Waals surface area contributed by atoms with Gasteiger partial charge in [-0.25, -0.2) is 0 Å². The minimum absolute atomic E-state index is 0.110. The molecule has 0 heterocycles. The molecule has 14 heavy (non-hydrogen) atoms. The van der Waals surface area contributed by atoms with Gasteiger partial charge in [0.25, 0.3) is 0 Å². The van der Waals surface area contributed by atoms with Crippen LogP contribution in [0.5, 0.6) is 0 Å². The predicted octanol–water partition coefficient (Wildman–Crippen LogP) is 2.76. The third-order valence-corrected chi connectivity index (χ3v) is 2.62. The summed E-state index contributed by atoms with van der Waals surface area (Å²) in [7, 11) is 0. The van der Waals surface area contributed by atoms with Crippen LogP contribution in [0.25, 0.3) is 5.57 Å². The van der Waals surface area contributed by atoms with E-state index < -0.39 is 0 Å². The van der Waals surface area contributed by atoms with Crippen LogP contribution in [0, 0.1) is 0 Å². The molecule has 0 amide bonds. The summed E-state index contributed by atoms with van der Waals surface area (Å²) in [6, 6.07) is 7.75. The summed E-state index contributed by atoms with van der Waals surface area (Å²) in [5.74, 6) is 0.110. The molecular weight excluding hydrogens is 172 g/mol. The lowest BCUT2D eigenvalue weighted by Crippen LogP contribution is -2.06. The quantitative estimate of drug-likeness (QED) is 0.600. The van der Waals surface area contributed by atoms with Crippen molar-refractivity contribution in [2.75, 3.05) is 0 Å².